The van der Waals surface area contributed by atoms with Gasteiger partial charge in [-0.05, 0) is 27.7 Å². The summed E-state index contributed by atoms with van der Waals surface area (Å²) in [7, 11) is 0. The minimum atomic E-state index is -0.0350. The van der Waals surface area contributed by atoms with Crippen LogP contribution in [0.5, 0.6) is 0 Å². The summed E-state index contributed by atoms with van der Waals surface area (Å²) in [5, 5.41) is 2.75. The summed E-state index contributed by atoms with van der Waals surface area (Å²) < 4.78 is 1.87. The Balaban J connectivity index is 3.24. The van der Waals surface area contributed by atoms with E-state index in [1.165, 1.54) is 0 Å². The van der Waals surface area contributed by atoms with Gasteiger partial charge in [-0.3, -0.25) is 14.6 Å². The molecule has 0 aliphatic carbocycles. The Morgan fingerprint density at radius 1 is 1.45 bits per heavy atom. The zero-order valence-corrected chi connectivity index (χ0v) is 7.43. The second-order valence-corrected chi connectivity index (χ2v) is 3.77. The molecule has 1 aromatic heterocycles. The van der Waals surface area contributed by atoms with Gasteiger partial charge in [-0.15, -0.1) is 0 Å². The van der Waals surface area contributed by atoms with Crippen molar-refractivity contribution in [2.45, 2.75) is 33.2 Å². The summed E-state index contributed by atoms with van der Waals surface area (Å²) in [4.78, 5) is 10.9. The first-order valence-corrected chi connectivity index (χ1v) is 3.70. The van der Waals surface area contributed by atoms with Gasteiger partial charge in [0.15, 0.2) is 0 Å². The molecule has 0 fully saturated rings. The van der Waals surface area contributed by atoms with Crippen LogP contribution >= 0.6 is 0 Å². The average Bonchev–Trinajstić information content (AvgIpc) is 2.08. The molecule has 0 saturated heterocycles. The van der Waals surface area contributed by atoms with Gasteiger partial charge in [-0.2, -0.15) is 0 Å². The molecule has 3 heteroatoms. The summed E-state index contributed by atoms with van der Waals surface area (Å²) in [5.41, 5.74) is 0.909. The van der Waals surface area contributed by atoms with Crippen LogP contribution in [0.1, 0.15) is 26.5 Å². The molecule has 0 aromatic carbocycles. The number of nitrogens with one attached hydrogen (secondary N) is 1. The van der Waals surface area contributed by atoms with Crippen molar-refractivity contribution in [2.75, 3.05) is 0 Å². The van der Waals surface area contributed by atoms with E-state index in [9.17, 15) is 4.79 Å². The van der Waals surface area contributed by atoms with Crippen LogP contribution in [0.2, 0.25) is 0 Å². The Morgan fingerprint density at radius 2 is 2.00 bits per heavy atom. The lowest BCUT2D eigenvalue weighted by Gasteiger charge is -2.21. The zero-order chi connectivity index (χ0) is 8.65. The maximum absolute atomic E-state index is 10.9. The minimum Gasteiger partial charge on any atom is -0.284 e. The Hall–Kier alpha value is -0.990. The summed E-state index contributed by atoms with van der Waals surface area (Å²) >= 11 is 0. The molecule has 0 radical (unpaired) electrons. The fourth-order valence-corrected chi connectivity index (χ4v) is 1.18. The van der Waals surface area contributed by atoms with Gasteiger partial charge in [0.25, 0.3) is 5.56 Å². The third-order valence-corrected chi connectivity index (χ3v) is 1.59. The Labute approximate surface area is 66.0 Å². The van der Waals surface area contributed by atoms with E-state index in [2.05, 4.69) is 25.9 Å². The molecule has 0 saturated carbocycles. The molecular formula is C8H14N2O. The van der Waals surface area contributed by atoms with Crippen LogP contribution in [0, 0.1) is 6.92 Å². The first-order chi connectivity index (χ1) is 4.91. The van der Waals surface area contributed by atoms with Crippen LogP contribution in [-0.4, -0.2) is 9.78 Å². The second kappa shape index (κ2) is 2.26. The van der Waals surface area contributed by atoms with Crippen molar-refractivity contribution in [3.63, 3.8) is 0 Å². The first-order valence-electron chi connectivity index (χ1n) is 3.70. The van der Waals surface area contributed by atoms with Crippen molar-refractivity contribution in [1.82, 2.24) is 9.78 Å². The fraction of sp³-hybridized carbons (Fsp3) is 0.625. The van der Waals surface area contributed by atoms with Gasteiger partial charge in [0, 0.05) is 11.8 Å². The smallest absolute Gasteiger partial charge is 0.264 e. The molecule has 0 bridgehead atoms. The van der Waals surface area contributed by atoms with Gasteiger partial charge < -0.3 is 0 Å². The Kier molecular flexibility index (Phi) is 1.66. The fourth-order valence-electron chi connectivity index (χ4n) is 1.18. The standard InChI is InChI=1S/C8H14N2O/c1-6-5-7(11)9-10(6)8(2,3)4/h5H,1-4H3,(H,9,11). The first kappa shape index (κ1) is 8.11. The van der Waals surface area contributed by atoms with E-state index in [4.69, 9.17) is 0 Å². The molecule has 1 rings (SSSR count). The molecule has 0 unspecified atom stereocenters. The second-order valence-electron chi connectivity index (χ2n) is 3.77. The highest BCUT2D eigenvalue weighted by Gasteiger charge is 2.14. The lowest BCUT2D eigenvalue weighted by Crippen LogP contribution is -2.25. The molecule has 1 N–H and O–H groups in total. The van der Waals surface area contributed by atoms with Crippen molar-refractivity contribution in [2.24, 2.45) is 0 Å². The van der Waals surface area contributed by atoms with Crippen molar-refractivity contribution in [3.8, 4) is 0 Å². The van der Waals surface area contributed by atoms with Crippen LogP contribution in [-0.2, 0) is 5.54 Å². The van der Waals surface area contributed by atoms with Gasteiger partial charge in [0.05, 0.1) is 5.54 Å². The van der Waals surface area contributed by atoms with E-state index in [1.54, 1.807) is 6.07 Å². The van der Waals surface area contributed by atoms with E-state index >= 15 is 0 Å². The monoisotopic (exact) mass is 154 g/mol. The molecule has 1 aromatic rings. The molecule has 11 heavy (non-hydrogen) atoms. The van der Waals surface area contributed by atoms with Crippen molar-refractivity contribution >= 4 is 0 Å². The normalized spacial score (nSPS) is 12.0. The topological polar surface area (TPSA) is 37.8 Å². The molecule has 0 atom stereocenters. The predicted octanol–water partition coefficient (Wildman–Crippen LogP) is 1.24. The van der Waals surface area contributed by atoms with E-state index < -0.39 is 0 Å². The van der Waals surface area contributed by atoms with Crippen molar-refractivity contribution < 1.29 is 0 Å². The highest BCUT2D eigenvalue weighted by molar-refractivity contribution is 5.00. The van der Waals surface area contributed by atoms with Crippen molar-refractivity contribution in [3.05, 3.63) is 22.1 Å². The highest BCUT2D eigenvalue weighted by atomic mass is 16.1. The number of H-pyrrole nitrogens is 1. The Bertz CT molecular complexity index is 301. The van der Waals surface area contributed by atoms with E-state index in [0.29, 0.717) is 0 Å². The molecule has 0 aliphatic heterocycles. The van der Waals surface area contributed by atoms with Crippen LogP contribution in [0.15, 0.2) is 10.9 Å². The number of nitrogens with zero attached hydrogens (tertiary/aromatic N) is 1. The third-order valence-electron chi connectivity index (χ3n) is 1.59. The molecule has 0 amide bonds. The van der Waals surface area contributed by atoms with Gasteiger partial charge in [0.2, 0.25) is 0 Å². The summed E-state index contributed by atoms with van der Waals surface area (Å²) in [6, 6.07) is 1.60. The quantitative estimate of drug-likeness (QED) is 0.599. The largest absolute Gasteiger partial charge is 0.284 e. The highest BCUT2D eigenvalue weighted by Crippen LogP contribution is 2.12. The van der Waals surface area contributed by atoms with Crippen LogP contribution in [0.4, 0.5) is 0 Å². The number of aryl methyl sites for hydroxylation is 1. The van der Waals surface area contributed by atoms with Gasteiger partial charge in [0.1, 0.15) is 0 Å². The lowest BCUT2D eigenvalue weighted by molar-refractivity contribution is 0.346. The van der Waals surface area contributed by atoms with Gasteiger partial charge >= 0.3 is 0 Å². The molecule has 1 heterocycles. The van der Waals surface area contributed by atoms with Crippen molar-refractivity contribution in [1.29, 1.82) is 0 Å². The molecule has 0 spiro atoms. The SMILES string of the molecule is Cc1cc(=O)[nH]n1C(C)(C)C. The van der Waals surface area contributed by atoms with E-state index in [-0.39, 0.29) is 11.1 Å². The minimum absolute atomic E-state index is 0.0302. The van der Waals surface area contributed by atoms with Crippen LogP contribution in [0.25, 0.3) is 0 Å². The number of hydrogen-bond donors (Lipinski definition) is 1. The maximum Gasteiger partial charge on any atom is 0.264 e. The number of rotatable bonds is 0. The lowest BCUT2D eigenvalue weighted by atomic mass is 10.1. The number of aromatic nitrogens is 2. The maximum atomic E-state index is 10.9. The van der Waals surface area contributed by atoms with E-state index in [1.807, 2.05) is 11.6 Å². The zero-order valence-electron chi connectivity index (χ0n) is 7.43. The third kappa shape index (κ3) is 1.53. The average molecular weight is 154 g/mol. The summed E-state index contributed by atoms with van der Waals surface area (Å²) in [5.74, 6) is 0. The van der Waals surface area contributed by atoms with Gasteiger partial charge in [-0.25, -0.2) is 0 Å². The van der Waals surface area contributed by atoms with Crippen LogP contribution < -0.4 is 5.56 Å². The summed E-state index contributed by atoms with van der Waals surface area (Å²) in [6.07, 6.45) is 0. The molecule has 0 aliphatic rings. The molecule has 62 valence electrons. The van der Waals surface area contributed by atoms with Gasteiger partial charge in [-0.1, -0.05) is 0 Å². The predicted molar refractivity (Wildman–Crippen MR) is 44.8 cm³/mol. The summed E-state index contributed by atoms with van der Waals surface area (Å²) in [6.45, 7) is 8.07. The van der Waals surface area contributed by atoms with E-state index in [0.717, 1.165) is 5.69 Å². The molecular weight excluding hydrogens is 140 g/mol. The Morgan fingerprint density at radius 3 is 2.18 bits per heavy atom. The number of hydrogen-bond acceptors (Lipinski definition) is 1. The van der Waals surface area contributed by atoms with Crippen LogP contribution in [0.3, 0.4) is 0 Å². The molecule has 3 nitrogen and oxygen atoms in total. The number of aromatic amines is 1.